The Labute approximate surface area is 188 Å². The molecule has 4 saturated carbocycles. The standard InChI is InChI=1S/C21H22F3NO7S/c1-13(21(22,23)24)17(26)31-18(32-33(29,30)16-5-3-2-4-6-16)19-8-14-7-15(9-19)11-20(10-14,12-19)25(27)28/h2-6,14-15,18H,1,7-12H2. The van der Waals surface area contributed by atoms with Crippen molar-refractivity contribution in [1.82, 2.24) is 0 Å². The fraction of sp³-hybridized carbons (Fsp3) is 0.571. The van der Waals surface area contributed by atoms with Crippen molar-refractivity contribution in [2.45, 2.75) is 61.4 Å². The molecule has 12 heteroatoms. The summed E-state index contributed by atoms with van der Waals surface area (Å²) in [4.78, 5) is 23.6. The number of benzene rings is 1. The largest absolute Gasteiger partial charge is 0.430 e. The smallest absolute Gasteiger partial charge is 0.422 e. The van der Waals surface area contributed by atoms with Gasteiger partial charge in [-0.15, -0.1) is 0 Å². The lowest BCUT2D eigenvalue weighted by Gasteiger charge is -2.58. The van der Waals surface area contributed by atoms with E-state index in [1.165, 1.54) is 24.3 Å². The van der Waals surface area contributed by atoms with Gasteiger partial charge in [0.25, 0.3) is 10.1 Å². The van der Waals surface area contributed by atoms with E-state index in [4.69, 9.17) is 8.92 Å². The summed E-state index contributed by atoms with van der Waals surface area (Å²) in [5.74, 6) is -2.17. The number of halogens is 3. The first kappa shape index (κ1) is 23.7. The highest BCUT2D eigenvalue weighted by Crippen LogP contribution is 2.64. The number of esters is 1. The Balaban J connectivity index is 1.72. The summed E-state index contributed by atoms with van der Waals surface area (Å²) < 4.78 is 75.2. The van der Waals surface area contributed by atoms with Gasteiger partial charge in [0.15, 0.2) is 0 Å². The second-order valence-electron chi connectivity index (χ2n) is 9.38. The van der Waals surface area contributed by atoms with E-state index in [1.54, 1.807) is 6.07 Å². The van der Waals surface area contributed by atoms with Gasteiger partial charge in [0.2, 0.25) is 11.8 Å². The minimum absolute atomic E-state index is 0.147. The quantitative estimate of drug-likeness (QED) is 0.142. The minimum atomic E-state index is -5.09. The molecular weight excluding hydrogens is 467 g/mol. The fourth-order valence-corrected chi connectivity index (χ4v) is 7.14. The summed E-state index contributed by atoms with van der Waals surface area (Å²) in [5.41, 5.74) is -4.47. The molecule has 1 aromatic rings. The highest BCUT2D eigenvalue weighted by molar-refractivity contribution is 7.86. The number of ether oxygens (including phenoxy) is 1. The lowest BCUT2D eigenvalue weighted by Crippen LogP contribution is -2.63. The van der Waals surface area contributed by atoms with Gasteiger partial charge in [-0.1, -0.05) is 24.8 Å². The van der Waals surface area contributed by atoms with Crippen molar-refractivity contribution in [1.29, 1.82) is 0 Å². The number of alkyl halides is 3. The summed E-state index contributed by atoms with van der Waals surface area (Å²) in [6.07, 6.45) is -5.43. The molecule has 0 spiro atoms. The molecule has 4 bridgehead atoms. The highest BCUT2D eigenvalue weighted by atomic mass is 32.2. The Morgan fingerprint density at radius 3 is 2.24 bits per heavy atom. The molecule has 4 fully saturated rings. The Morgan fingerprint density at radius 2 is 1.73 bits per heavy atom. The monoisotopic (exact) mass is 489 g/mol. The van der Waals surface area contributed by atoms with E-state index in [0.29, 0.717) is 19.3 Å². The van der Waals surface area contributed by atoms with Crippen molar-refractivity contribution in [3.8, 4) is 0 Å². The maximum atomic E-state index is 13.0. The van der Waals surface area contributed by atoms with Crippen LogP contribution in [-0.2, 0) is 23.8 Å². The lowest BCUT2D eigenvalue weighted by molar-refractivity contribution is -0.593. The lowest BCUT2D eigenvalue weighted by atomic mass is 9.46. The second-order valence-corrected chi connectivity index (χ2v) is 11.0. The van der Waals surface area contributed by atoms with Crippen LogP contribution in [0.5, 0.6) is 0 Å². The van der Waals surface area contributed by atoms with Crippen LogP contribution in [-0.4, -0.2) is 37.3 Å². The second kappa shape index (κ2) is 7.79. The van der Waals surface area contributed by atoms with Gasteiger partial charge in [0.1, 0.15) is 5.57 Å². The van der Waals surface area contributed by atoms with Crippen molar-refractivity contribution < 1.29 is 40.2 Å². The number of rotatable bonds is 7. The van der Waals surface area contributed by atoms with Crippen LogP contribution in [0.4, 0.5) is 13.2 Å². The molecule has 3 atom stereocenters. The zero-order valence-electron chi connectivity index (χ0n) is 17.4. The third kappa shape index (κ3) is 4.25. The normalized spacial score (nSPS) is 31.7. The zero-order chi connectivity index (χ0) is 24.2. The third-order valence-corrected chi connectivity index (χ3v) is 8.29. The van der Waals surface area contributed by atoms with Crippen LogP contribution in [0.3, 0.4) is 0 Å². The zero-order valence-corrected chi connectivity index (χ0v) is 18.2. The Hall–Kier alpha value is -2.47. The van der Waals surface area contributed by atoms with Crippen LogP contribution in [0.2, 0.25) is 0 Å². The van der Waals surface area contributed by atoms with E-state index in [2.05, 4.69) is 6.58 Å². The van der Waals surface area contributed by atoms with E-state index in [0.717, 1.165) is 0 Å². The Bertz CT molecular complexity index is 1070. The molecule has 0 aromatic heterocycles. The molecule has 0 amide bonds. The van der Waals surface area contributed by atoms with Crippen LogP contribution < -0.4 is 0 Å². The van der Waals surface area contributed by atoms with Gasteiger partial charge >= 0.3 is 12.1 Å². The number of carbonyl (C=O) groups excluding carboxylic acids is 1. The molecule has 0 aliphatic heterocycles. The molecule has 0 N–H and O–H groups in total. The highest BCUT2D eigenvalue weighted by Gasteiger charge is 2.67. The molecule has 1 aromatic carbocycles. The van der Waals surface area contributed by atoms with Gasteiger partial charge in [0, 0.05) is 29.6 Å². The number of carbonyl (C=O) groups is 1. The molecule has 0 heterocycles. The topological polar surface area (TPSA) is 113 Å². The van der Waals surface area contributed by atoms with E-state index >= 15 is 0 Å². The molecular formula is C21H22F3NO7S. The number of hydrogen-bond donors (Lipinski definition) is 0. The summed E-state index contributed by atoms with van der Waals surface area (Å²) in [7, 11) is -4.56. The molecule has 3 unspecified atom stereocenters. The summed E-state index contributed by atoms with van der Waals surface area (Å²) in [6, 6.07) is 6.86. The van der Waals surface area contributed by atoms with Crippen molar-refractivity contribution >= 4 is 16.1 Å². The maximum absolute atomic E-state index is 13.0. The Kier molecular flexibility index (Phi) is 5.59. The first-order valence-electron chi connectivity index (χ1n) is 10.4. The molecule has 33 heavy (non-hydrogen) atoms. The van der Waals surface area contributed by atoms with Crippen LogP contribution in [0, 0.1) is 27.4 Å². The number of hydrogen-bond acceptors (Lipinski definition) is 7. The molecule has 5 rings (SSSR count). The van der Waals surface area contributed by atoms with Gasteiger partial charge < -0.3 is 4.74 Å². The van der Waals surface area contributed by atoms with Gasteiger partial charge in [-0.25, -0.2) is 8.98 Å². The van der Waals surface area contributed by atoms with Gasteiger partial charge in [-0.05, 0) is 43.2 Å². The van der Waals surface area contributed by atoms with E-state index in [9.17, 15) is 36.5 Å². The fourth-order valence-electron chi connectivity index (χ4n) is 6.06. The Morgan fingerprint density at radius 1 is 1.15 bits per heavy atom. The van der Waals surface area contributed by atoms with Crippen LogP contribution >= 0.6 is 0 Å². The van der Waals surface area contributed by atoms with Crippen LogP contribution in [0.15, 0.2) is 47.4 Å². The van der Waals surface area contributed by atoms with Crippen molar-refractivity contribution in [3.63, 3.8) is 0 Å². The summed E-state index contributed by atoms with van der Waals surface area (Å²) in [5, 5.41) is 12.0. The minimum Gasteiger partial charge on any atom is -0.430 e. The molecule has 8 nitrogen and oxygen atoms in total. The van der Waals surface area contributed by atoms with Gasteiger partial charge in [0.05, 0.1) is 4.90 Å². The predicted octanol–water partition coefficient (Wildman–Crippen LogP) is 4.00. The molecule has 4 aliphatic carbocycles. The van der Waals surface area contributed by atoms with Crippen molar-refractivity contribution in [3.05, 3.63) is 52.6 Å². The summed E-state index contributed by atoms with van der Waals surface area (Å²) in [6.45, 7) is 2.71. The molecule has 4 aliphatic rings. The maximum Gasteiger partial charge on any atom is 0.422 e. The average molecular weight is 489 g/mol. The predicted molar refractivity (Wildman–Crippen MR) is 107 cm³/mol. The molecule has 0 saturated heterocycles. The van der Waals surface area contributed by atoms with E-state index in [1.807, 2.05) is 0 Å². The molecule has 180 valence electrons. The third-order valence-electron chi connectivity index (χ3n) is 7.01. The van der Waals surface area contributed by atoms with E-state index < -0.39 is 50.0 Å². The van der Waals surface area contributed by atoms with Gasteiger partial charge in [-0.2, -0.15) is 21.6 Å². The number of nitrogens with zero attached hydrogens (tertiary/aromatic N) is 1. The van der Waals surface area contributed by atoms with Crippen molar-refractivity contribution in [2.75, 3.05) is 0 Å². The molecule has 0 radical (unpaired) electrons. The first-order chi connectivity index (χ1) is 15.3. The first-order valence-corrected chi connectivity index (χ1v) is 11.8. The average Bonchev–Trinajstić information content (AvgIpc) is 2.71. The van der Waals surface area contributed by atoms with Gasteiger partial charge in [-0.3, -0.25) is 10.1 Å². The van der Waals surface area contributed by atoms with E-state index in [-0.39, 0.29) is 36.0 Å². The van der Waals surface area contributed by atoms with Crippen molar-refractivity contribution in [2.24, 2.45) is 17.3 Å². The number of nitro groups is 1. The van der Waals surface area contributed by atoms with Crippen LogP contribution in [0.25, 0.3) is 0 Å². The summed E-state index contributed by atoms with van der Waals surface area (Å²) >= 11 is 0. The SMILES string of the molecule is C=C(C(=O)OC(OS(=O)(=O)c1ccccc1)C12CC3CC(C1)CC([N+](=O)[O-])(C3)C2)C(F)(F)F. The van der Waals surface area contributed by atoms with Crippen LogP contribution in [0.1, 0.15) is 38.5 Å².